The molecule has 1 aromatic heterocycles. The number of carbonyl (C=O) groups excluding carboxylic acids is 2. The van der Waals surface area contributed by atoms with Gasteiger partial charge in [-0.1, -0.05) is 47.5 Å². The Hall–Kier alpha value is -2.41. The monoisotopic (exact) mass is 459 g/mol. The van der Waals surface area contributed by atoms with Crippen LogP contribution in [0, 0.1) is 0 Å². The lowest BCUT2D eigenvalue weighted by Crippen LogP contribution is -2.24. The van der Waals surface area contributed by atoms with Crippen LogP contribution < -0.4 is 5.32 Å². The molecule has 0 bridgehead atoms. The topological polar surface area (TPSA) is 62.3 Å². The van der Waals surface area contributed by atoms with Crippen LogP contribution in [0.3, 0.4) is 0 Å². The van der Waals surface area contributed by atoms with E-state index in [2.05, 4.69) is 10.3 Å². The molecule has 0 atom stereocenters. The maximum Gasteiger partial charge on any atom is 0.257 e. The molecular formula is C22H19Cl2N3O2S. The van der Waals surface area contributed by atoms with Crippen LogP contribution in [0.2, 0.25) is 10.0 Å². The molecule has 3 aromatic rings. The molecule has 0 aliphatic carbocycles. The Bertz CT molecular complexity index is 1100. The number of hydrogen-bond acceptors (Lipinski definition) is 4. The molecule has 2 amide bonds. The number of aromatic nitrogens is 1. The van der Waals surface area contributed by atoms with Crippen molar-refractivity contribution in [3.05, 3.63) is 80.3 Å². The van der Waals surface area contributed by atoms with E-state index >= 15 is 0 Å². The Morgan fingerprint density at radius 3 is 2.83 bits per heavy atom. The Labute approximate surface area is 188 Å². The predicted molar refractivity (Wildman–Crippen MR) is 120 cm³/mol. The Morgan fingerprint density at radius 1 is 1.20 bits per heavy atom. The molecule has 4 rings (SSSR count). The van der Waals surface area contributed by atoms with Gasteiger partial charge in [0.2, 0.25) is 5.91 Å². The second kappa shape index (κ2) is 9.16. The first-order valence-electron chi connectivity index (χ1n) is 9.55. The van der Waals surface area contributed by atoms with Gasteiger partial charge in [-0.05, 0) is 35.7 Å². The molecule has 1 N–H and O–H groups in total. The zero-order valence-corrected chi connectivity index (χ0v) is 18.4. The Morgan fingerprint density at radius 2 is 2.03 bits per heavy atom. The predicted octanol–water partition coefficient (Wildman–Crippen LogP) is 5.42. The average Bonchev–Trinajstić information content (AvgIpc) is 3.34. The third-order valence-corrected chi connectivity index (χ3v) is 6.68. The van der Waals surface area contributed by atoms with Crippen LogP contribution in [0.1, 0.15) is 39.2 Å². The molecule has 0 radical (unpaired) electrons. The Balaban J connectivity index is 1.41. The number of nitrogens with zero attached hydrogens (tertiary/aromatic N) is 2. The standard InChI is InChI=1S/C22H19Cl2N3O2S/c23-18-7-2-5-15(20(18)24)11-17-12-25-22(30-17)26-21(29)16-6-1-4-14(10-16)13-27-9-3-8-19(27)28/h1-2,4-7,10,12H,3,8-9,11,13H2,(H,25,26,29). The van der Waals surface area contributed by atoms with Crippen molar-refractivity contribution in [1.82, 2.24) is 9.88 Å². The lowest BCUT2D eigenvalue weighted by atomic mass is 10.1. The van der Waals surface area contributed by atoms with Gasteiger partial charge in [-0.2, -0.15) is 0 Å². The molecule has 0 unspecified atom stereocenters. The normalized spacial score (nSPS) is 13.7. The first-order chi connectivity index (χ1) is 14.5. The summed E-state index contributed by atoms with van der Waals surface area (Å²) in [5.41, 5.74) is 2.39. The van der Waals surface area contributed by atoms with Crippen molar-refractivity contribution in [2.75, 3.05) is 11.9 Å². The van der Waals surface area contributed by atoms with Gasteiger partial charge in [-0.25, -0.2) is 4.98 Å². The quantitative estimate of drug-likeness (QED) is 0.535. The van der Waals surface area contributed by atoms with E-state index in [9.17, 15) is 9.59 Å². The van der Waals surface area contributed by atoms with E-state index in [4.69, 9.17) is 23.2 Å². The van der Waals surface area contributed by atoms with E-state index in [0.29, 0.717) is 40.1 Å². The highest BCUT2D eigenvalue weighted by Crippen LogP contribution is 2.29. The highest BCUT2D eigenvalue weighted by molar-refractivity contribution is 7.15. The molecule has 1 saturated heterocycles. The number of carbonyl (C=O) groups is 2. The van der Waals surface area contributed by atoms with Gasteiger partial charge in [0.05, 0.1) is 10.0 Å². The molecule has 154 valence electrons. The minimum absolute atomic E-state index is 0.167. The van der Waals surface area contributed by atoms with Crippen LogP contribution in [0.15, 0.2) is 48.7 Å². The molecular weight excluding hydrogens is 441 g/mol. The first-order valence-corrected chi connectivity index (χ1v) is 11.1. The summed E-state index contributed by atoms with van der Waals surface area (Å²) in [6.07, 6.45) is 3.82. The second-order valence-corrected chi connectivity index (χ2v) is 9.00. The number of anilines is 1. The van der Waals surface area contributed by atoms with Crippen molar-refractivity contribution in [2.45, 2.75) is 25.8 Å². The van der Waals surface area contributed by atoms with Crippen molar-refractivity contribution in [3.8, 4) is 0 Å². The van der Waals surface area contributed by atoms with Crippen LogP contribution in [0.4, 0.5) is 5.13 Å². The number of benzene rings is 2. The Kier molecular flexibility index (Phi) is 6.37. The molecule has 2 aromatic carbocycles. The van der Waals surface area contributed by atoms with Crippen LogP contribution in [0.25, 0.3) is 0 Å². The number of halogens is 2. The van der Waals surface area contributed by atoms with Crippen molar-refractivity contribution in [3.63, 3.8) is 0 Å². The maximum absolute atomic E-state index is 12.7. The summed E-state index contributed by atoms with van der Waals surface area (Å²) in [7, 11) is 0. The third-order valence-electron chi connectivity index (χ3n) is 4.90. The van der Waals surface area contributed by atoms with E-state index in [0.717, 1.165) is 29.0 Å². The minimum atomic E-state index is -0.230. The van der Waals surface area contributed by atoms with Crippen LogP contribution in [-0.2, 0) is 17.8 Å². The number of rotatable bonds is 6. The molecule has 1 aliphatic heterocycles. The van der Waals surface area contributed by atoms with E-state index in [-0.39, 0.29) is 11.8 Å². The number of nitrogens with one attached hydrogen (secondary N) is 1. The van der Waals surface area contributed by atoms with Crippen molar-refractivity contribution < 1.29 is 9.59 Å². The second-order valence-electron chi connectivity index (χ2n) is 7.09. The number of amides is 2. The lowest BCUT2D eigenvalue weighted by Gasteiger charge is -2.15. The number of hydrogen-bond donors (Lipinski definition) is 1. The molecule has 5 nitrogen and oxygen atoms in total. The van der Waals surface area contributed by atoms with Crippen LogP contribution in [-0.4, -0.2) is 28.2 Å². The average molecular weight is 460 g/mol. The highest BCUT2D eigenvalue weighted by Gasteiger charge is 2.20. The zero-order chi connectivity index (χ0) is 21.1. The third kappa shape index (κ3) is 4.83. The molecule has 30 heavy (non-hydrogen) atoms. The number of likely N-dealkylation sites (tertiary alicyclic amines) is 1. The summed E-state index contributed by atoms with van der Waals surface area (Å²) in [6.45, 7) is 1.30. The minimum Gasteiger partial charge on any atom is -0.338 e. The summed E-state index contributed by atoms with van der Waals surface area (Å²) in [5, 5.41) is 4.42. The maximum atomic E-state index is 12.7. The fraction of sp³-hybridized carbons (Fsp3) is 0.227. The molecule has 8 heteroatoms. The van der Waals surface area contributed by atoms with Gasteiger partial charge < -0.3 is 4.90 Å². The van der Waals surface area contributed by atoms with Gasteiger partial charge >= 0.3 is 0 Å². The molecule has 1 aliphatic rings. The van der Waals surface area contributed by atoms with Crippen molar-refractivity contribution in [1.29, 1.82) is 0 Å². The fourth-order valence-corrected chi connectivity index (χ4v) is 4.61. The molecule has 1 fully saturated rings. The number of thiazole rings is 1. The SMILES string of the molecule is O=C(Nc1ncc(Cc2cccc(Cl)c2Cl)s1)c1cccc(CN2CCCC2=O)c1. The van der Waals surface area contributed by atoms with Crippen LogP contribution >= 0.6 is 34.5 Å². The molecule has 0 spiro atoms. The van der Waals surface area contributed by atoms with E-state index in [1.54, 1.807) is 18.3 Å². The summed E-state index contributed by atoms with van der Waals surface area (Å²) in [6, 6.07) is 12.9. The lowest BCUT2D eigenvalue weighted by molar-refractivity contribution is -0.128. The fourth-order valence-electron chi connectivity index (χ4n) is 3.39. The highest BCUT2D eigenvalue weighted by atomic mass is 35.5. The van der Waals surface area contributed by atoms with Crippen molar-refractivity contribution >= 4 is 51.5 Å². The van der Waals surface area contributed by atoms with Gasteiger partial charge in [-0.3, -0.25) is 14.9 Å². The summed E-state index contributed by atoms with van der Waals surface area (Å²) < 4.78 is 0. The summed E-state index contributed by atoms with van der Waals surface area (Å²) >= 11 is 13.7. The first kappa shape index (κ1) is 20.8. The molecule has 2 heterocycles. The van der Waals surface area contributed by atoms with Gasteiger partial charge in [0.15, 0.2) is 5.13 Å². The summed E-state index contributed by atoms with van der Waals surface area (Å²) in [5.74, 6) is -0.0636. The van der Waals surface area contributed by atoms with Gasteiger partial charge in [0.25, 0.3) is 5.91 Å². The zero-order valence-electron chi connectivity index (χ0n) is 16.0. The van der Waals surface area contributed by atoms with E-state index < -0.39 is 0 Å². The van der Waals surface area contributed by atoms with Crippen LogP contribution in [0.5, 0.6) is 0 Å². The molecule has 0 saturated carbocycles. The summed E-state index contributed by atoms with van der Waals surface area (Å²) in [4.78, 5) is 31.6. The largest absolute Gasteiger partial charge is 0.338 e. The van der Waals surface area contributed by atoms with Gasteiger partial charge in [0.1, 0.15) is 0 Å². The van der Waals surface area contributed by atoms with Gasteiger partial charge in [-0.15, -0.1) is 11.3 Å². The van der Waals surface area contributed by atoms with Gasteiger partial charge in [0, 0.05) is 42.6 Å². The van der Waals surface area contributed by atoms with Crippen molar-refractivity contribution in [2.24, 2.45) is 0 Å². The smallest absolute Gasteiger partial charge is 0.257 e. The van der Waals surface area contributed by atoms with E-state index in [1.807, 2.05) is 35.2 Å². The van der Waals surface area contributed by atoms with E-state index in [1.165, 1.54) is 11.3 Å².